The molecule has 122 valence electrons. The van der Waals surface area contributed by atoms with Gasteiger partial charge in [0.1, 0.15) is 11.7 Å². The molecule has 0 spiro atoms. The molecule has 0 fully saturated rings. The zero-order valence-corrected chi connectivity index (χ0v) is 14.6. The molecule has 22 heavy (non-hydrogen) atoms. The highest BCUT2D eigenvalue weighted by molar-refractivity contribution is 5.97. The quantitative estimate of drug-likeness (QED) is 0.749. The maximum Gasteiger partial charge on any atom is 0.330 e. The maximum absolute atomic E-state index is 12.9. The topological polar surface area (TPSA) is 51.5 Å². The highest BCUT2D eigenvalue weighted by atomic mass is 16.5. The van der Waals surface area contributed by atoms with E-state index in [1.165, 1.54) is 7.11 Å². The summed E-state index contributed by atoms with van der Waals surface area (Å²) in [7, 11) is 1.36. The Bertz CT molecular complexity index is 602. The van der Waals surface area contributed by atoms with Crippen molar-refractivity contribution in [1.29, 1.82) is 0 Å². The average Bonchev–Trinajstić information content (AvgIpc) is 2.80. The first-order valence-corrected chi connectivity index (χ1v) is 7.59. The Morgan fingerprint density at radius 3 is 2.27 bits per heavy atom. The number of carbonyl (C=O) groups is 2. The first-order chi connectivity index (χ1) is 9.96. The number of carbonyl (C=O) groups excluding carboxylic acids is 2. The summed E-state index contributed by atoms with van der Waals surface area (Å²) in [6.07, 6.45) is 1.98. The minimum atomic E-state index is -0.592. The van der Waals surface area contributed by atoms with Crippen LogP contribution in [0.4, 0.5) is 0 Å². The largest absolute Gasteiger partial charge is 0.467 e. The van der Waals surface area contributed by atoms with Crippen LogP contribution in [0.3, 0.4) is 0 Å². The number of ether oxygens (including phenoxy) is 1. The van der Waals surface area contributed by atoms with Gasteiger partial charge in [-0.05, 0) is 37.8 Å². The molecule has 1 aliphatic heterocycles. The summed E-state index contributed by atoms with van der Waals surface area (Å²) in [6, 6.07) is 1.35. The molecule has 1 unspecified atom stereocenters. The molecule has 2 heterocycles. The Morgan fingerprint density at radius 1 is 1.23 bits per heavy atom. The van der Waals surface area contributed by atoms with Crippen LogP contribution in [-0.2, 0) is 21.5 Å². The van der Waals surface area contributed by atoms with Gasteiger partial charge < -0.3 is 14.2 Å². The molecule has 1 amide bonds. The fourth-order valence-electron chi connectivity index (χ4n) is 2.87. The van der Waals surface area contributed by atoms with E-state index >= 15 is 0 Å². The van der Waals surface area contributed by atoms with Crippen LogP contribution in [0.15, 0.2) is 12.3 Å². The number of hydrogen-bond donors (Lipinski definition) is 0. The Balaban J connectivity index is 2.53. The molecule has 0 aliphatic carbocycles. The molecule has 0 radical (unpaired) electrons. The number of amides is 1. The lowest BCUT2D eigenvalue weighted by atomic mass is 9.89. The molecule has 0 bridgehead atoms. The second-order valence-electron chi connectivity index (χ2n) is 7.90. The van der Waals surface area contributed by atoms with Crippen molar-refractivity contribution < 1.29 is 14.3 Å². The summed E-state index contributed by atoms with van der Waals surface area (Å²) >= 11 is 0. The SMILES string of the molecule is COC(=O)C1Cn2cc(C(C)(C)C)cc2C(=O)N1C(C)(C)C. The Kier molecular flexibility index (Phi) is 3.88. The first kappa shape index (κ1) is 16.6. The van der Waals surface area contributed by atoms with E-state index in [2.05, 4.69) is 20.8 Å². The summed E-state index contributed by atoms with van der Waals surface area (Å²) < 4.78 is 6.79. The average molecular weight is 306 g/mol. The van der Waals surface area contributed by atoms with Gasteiger partial charge in [0, 0.05) is 11.7 Å². The summed E-state index contributed by atoms with van der Waals surface area (Å²) in [5, 5.41) is 0. The third kappa shape index (κ3) is 2.76. The number of methoxy groups -OCH3 is 1. The normalized spacial score (nSPS) is 19.1. The van der Waals surface area contributed by atoms with Crippen LogP contribution in [0.1, 0.15) is 57.6 Å². The summed E-state index contributed by atoms with van der Waals surface area (Å²) in [5.74, 6) is -0.496. The van der Waals surface area contributed by atoms with Crippen LogP contribution in [0.5, 0.6) is 0 Å². The third-order valence-electron chi connectivity index (χ3n) is 4.08. The zero-order chi connectivity index (χ0) is 16.9. The predicted octanol–water partition coefficient (Wildman–Crippen LogP) is 2.58. The monoisotopic (exact) mass is 306 g/mol. The van der Waals surface area contributed by atoms with E-state index in [1.54, 1.807) is 4.90 Å². The molecule has 5 heteroatoms. The lowest BCUT2D eigenvalue weighted by Gasteiger charge is -2.43. The molecule has 1 aromatic rings. The summed E-state index contributed by atoms with van der Waals surface area (Å²) in [5.41, 5.74) is 1.24. The molecular weight excluding hydrogens is 280 g/mol. The van der Waals surface area contributed by atoms with Gasteiger partial charge in [0.2, 0.25) is 0 Å². The van der Waals surface area contributed by atoms with Gasteiger partial charge in [-0.2, -0.15) is 0 Å². The molecule has 1 aliphatic rings. The predicted molar refractivity (Wildman–Crippen MR) is 84.9 cm³/mol. The van der Waals surface area contributed by atoms with Gasteiger partial charge in [-0.1, -0.05) is 20.8 Å². The van der Waals surface area contributed by atoms with E-state index in [0.29, 0.717) is 12.2 Å². The molecule has 0 aromatic carbocycles. The zero-order valence-electron chi connectivity index (χ0n) is 14.6. The van der Waals surface area contributed by atoms with Gasteiger partial charge in [-0.25, -0.2) is 4.79 Å². The second kappa shape index (κ2) is 5.14. The number of esters is 1. The highest BCUT2D eigenvalue weighted by Gasteiger charge is 2.43. The van der Waals surface area contributed by atoms with Crippen LogP contribution < -0.4 is 0 Å². The van der Waals surface area contributed by atoms with Crippen molar-refractivity contribution in [2.75, 3.05) is 7.11 Å². The minimum Gasteiger partial charge on any atom is -0.467 e. The Labute approximate surface area is 132 Å². The van der Waals surface area contributed by atoms with Crippen LogP contribution in [0.25, 0.3) is 0 Å². The van der Waals surface area contributed by atoms with Crippen molar-refractivity contribution in [3.8, 4) is 0 Å². The number of fused-ring (bicyclic) bond motifs is 1. The van der Waals surface area contributed by atoms with Crippen LogP contribution >= 0.6 is 0 Å². The smallest absolute Gasteiger partial charge is 0.330 e. The summed E-state index contributed by atoms with van der Waals surface area (Å²) in [4.78, 5) is 26.7. The molecule has 1 aromatic heterocycles. The van der Waals surface area contributed by atoms with E-state index in [4.69, 9.17) is 4.74 Å². The van der Waals surface area contributed by atoms with Gasteiger partial charge in [-0.3, -0.25) is 4.79 Å². The van der Waals surface area contributed by atoms with Crippen molar-refractivity contribution in [2.24, 2.45) is 0 Å². The number of rotatable bonds is 1. The van der Waals surface area contributed by atoms with E-state index < -0.39 is 11.6 Å². The van der Waals surface area contributed by atoms with Gasteiger partial charge in [0.05, 0.1) is 13.7 Å². The fraction of sp³-hybridized carbons (Fsp3) is 0.647. The van der Waals surface area contributed by atoms with Crippen LogP contribution in [0.2, 0.25) is 0 Å². The number of hydrogen-bond acceptors (Lipinski definition) is 3. The van der Waals surface area contributed by atoms with E-state index in [0.717, 1.165) is 5.56 Å². The maximum atomic E-state index is 12.9. The molecule has 0 N–H and O–H groups in total. The molecule has 0 saturated carbocycles. The van der Waals surface area contributed by atoms with Gasteiger partial charge in [0.15, 0.2) is 0 Å². The molecule has 0 saturated heterocycles. The van der Waals surface area contributed by atoms with Gasteiger partial charge in [-0.15, -0.1) is 0 Å². The van der Waals surface area contributed by atoms with Crippen LogP contribution in [0, 0.1) is 0 Å². The Hall–Kier alpha value is -1.78. The summed E-state index contributed by atoms with van der Waals surface area (Å²) in [6.45, 7) is 12.6. The van der Waals surface area contributed by atoms with Crippen molar-refractivity contribution >= 4 is 11.9 Å². The number of aromatic nitrogens is 1. The molecule has 5 nitrogen and oxygen atoms in total. The van der Waals surface area contributed by atoms with Gasteiger partial charge >= 0.3 is 5.97 Å². The van der Waals surface area contributed by atoms with Gasteiger partial charge in [0.25, 0.3) is 5.91 Å². The second-order valence-corrected chi connectivity index (χ2v) is 7.90. The minimum absolute atomic E-state index is 0.0437. The number of nitrogens with zero attached hydrogens (tertiary/aromatic N) is 2. The lowest BCUT2D eigenvalue weighted by Crippen LogP contribution is -2.59. The van der Waals surface area contributed by atoms with Crippen LogP contribution in [-0.4, -0.2) is 40.0 Å². The fourth-order valence-corrected chi connectivity index (χ4v) is 2.87. The Morgan fingerprint density at radius 2 is 1.82 bits per heavy atom. The van der Waals surface area contributed by atoms with Crippen molar-refractivity contribution in [1.82, 2.24) is 9.47 Å². The highest BCUT2D eigenvalue weighted by Crippen LogP contribution is 2.31. The molecule has 2 rings (SSSR count). The van der Waals surface area contributed by atoms with Crippen molar-refractivity contribution in [2.45, 2.75) is 65.1 Å². The lowest BCUT2D eigenvalue weighted by molar-refractivity contribution is -0.148. The standard InChI is InChI=1S/C17H26N2O3/c1-16(2,3)11-8-12-14(20)19(17(4,5)6)13(15(21)22-7)10-18(12)9-11/h8-9,13H,10H2,1-7H3. The first-order valence-electron chi connectivity index (χ1n) is 7.59. The van der Waals surface area contributed by atoms with Crippen molar-refractivity contribution in [3.63, 3.8) is 0 Å². The van der Waals surface area contributed by atoms with Crippen molar-refractivity contribution in [3.05, 3.63) is 23.5 Å². The van der Waals surface area contributed by atoms with E-state index in [-0.39, 0.29) is 17.3 Å². The molecular formula is C17H26N2O3. The molecule has 1 atom stereocenters. The van der Waals surface area contributed by atoms with E-state index in [1.807, 2.05) is 37.6 Å². The third-order valence-corrected chi connectivity index (χ3v) is 4.08. The van der Waals surface area contributed by atoms with E-state index in [9.17, 15) is 9.59 Å².